The van der Waals surface area contributed by atoms with Crippen molar-refractivity contribution in [3.63, 3.8) is 0 Å². The van der Waals surface area contributed by atoms with E-state index in [-0.39, 0.29) is 25.3 Å². The van der Waals surface area contributed by atoms with Crippen LogP contribution in [0.5, 0.6) is 0 Å². The molecule has 2 heterocycles. The van der Waals surface area contributed by atoms with E-state index in [4.69, 9.17) is 23.1 Å². The Morgan fingerprint density at radius 2 is 1.63 bits per heavy atom. The normalized spacial score (nSPS) is 18.4. The van der Waals surface area contributed by atoms with Crippen molar-refractivity contribution in [3.8, 4) is 10.4 Å². The molecule has 1 fully saturated rings. The number of carbonyl (C=O) groups is 7. The average molecular weight is 810 g/mol. The summed E-state index contributed by atoms with van der Waals surface area (Å²) in [5.41, 5.74) is 13.8. The molecule has 20 heteroatoms. The van der Waals surface area contributed by atoms with E-state index >= 15 is 0 Å². The van der Waals surface area contributed by atoms with Crippen molar-refractivity contribution in [2.75, 3.05) is 24.7 Å². The summed E-state index contributed by atoms with van der Waals surface area (Å²) >= 11 is 11.1. The molecule has 7 amide bonds. The highest BCUT2D eigenvalue weighted by Crippen LogP contribution is 2.30. The Hall–Kier alpha value is -4.30. The number of primary amides is 1. The number of aliphatic hydroxyl groups excluding tert-OH is 1. The zero-order valence-electron chi connectivity index (χ0n) is 30.6. The van der Waals surface area contributed by atoms with Gasteiger partial charge in [-0.1, -0.05) is 45.0 Å². The first-order valence-corrected chi connectivity index (χ1v) is 19.0. The van der Waals surface area contributed by atoms with E-state index < -0.39 is 95.0 Å². The Morgan fingerprint density at radius 3 is 2.15 bits per heavy atom. The Morgan fingerprint density at radius 1 is 1.00 bits per heavy atom. The third kappa shape index (κ3) is 11.4. The molecular weight excluding hydrogens is 762 g/mol. The SMILES string of the molecule is Cc1ncsc1-c1ccc(C(NC(=O)C2CC(O)CN2C(=O)C(NC(=O)CCl)C(C)(C)C)C(=O)NC(C)C(=O)NC(CN)C(=O)NC(CS)C(N)=O)cc1. The van der Waals surface area contributed by atoms with Crippen molar-refractivity contribution < 1.29 is 38.7 Å². The van der Waals surface area contributed by atoms with Crippen LogP contribution in [0.2, 0.25) is 0 Å². The van der Waals surface area contributed by atoms with Gasteiger partial charge in [0.2, 0.25) is 41.4 Å². The first-order chi connectivity index (χ1) is 25.3. The van der Waals surface area contributed by atoms with E-state index in [9.17, 15) is 38.7 Å². The zero-order chi connectivity index (χ0) is 40.5. The van der Waals surface area contributed by atoms with Crippen LogP contribution < -0.4 is 38.1 Å². The van der Waals surface area contributed by atoms with Crippen LogP contribution in [0.4, 0.5) is 0 Å². The molecule has 0 saturated carbocycles. The fourth-order valence-corrected chi connectivity index (χ4v) is 6.79. The summed E-state index contributed by atoms with van der Waals surface area (Å²) in [7, 11) is 0. The van der Waals surface area contributed by atoms with Gasteiger partial charge in [0.25, 0.3) is 0 Å². The number of carbonyl (C=O) groups excluding carboxylic acids is 7. The molecule has 296 valence electrons. The van der Waals surface area contributed by atoms with Gasteiger partial charge in [-0.2, -0.15) is 12.6 Å². The highest BCUT2D eigenvalue weighted by atomic mass is 35.5. The molecule has 1 aliphatic rings. The molecule has 1 aliphatic heterocycles. The molecule has 0 spiro atoms. The van der Waals surface area contributed by atoms with E-state index in [2.05, 4.69) is 44.2 Å². The number of alkyl halides is 1. The number of nitrogens with zero attached hydrogens (tertiary/aromatic N) is 2. The highest BCUT2D eigenvalue weighted by molar-refractivity contribution is 7.80. The largest absolute Gasteiger partial charge is 0.391 e. The number of likely N-dealkylation sites (tertiary alicyclic amines) is 1. The number of nitrogens with one attached hydrogen (secondary N) is 5. The van der Waals surface area contributed by atoms with E-state index in [1.807, 2.05) is 6.92 Å². The minimum absolute atomic E-state index is 0.0931. The molecule has 3 rings (SSSR count). The van der Waals surface area contributed by atoms with Crippen LogP contribution >= 0.6 is 35.6 Å². The fraction of sp³-hybridized carbons (Fsp3) is 0.529. The summed E-state index contributed by atoms with van der Waals surface area (Å²) in [4.78, 5) is 97.8. The smallest absolute Gasteiger partial charge is 0.247 e. The fourth-order valence-electron chi connectivity index (χ4n) is 5.63. The lowest BCUT2D eigenvalue weighted by Gasteiger charge is -2.35. The number of aromatic nitrogens is 1. The average Bonchev–Trinajstić information content (AvgIpc) is 3.74. The summed E-state index contributed by atoms with van der Waals surface area (Å²) in [6, 6.07) is -0.664. The summed E-state index contributed by atoms with van der Waals surface area (Å²) < 4.78 is 0. The molecule has 1 saturated heterocycles. The van der Waals surface area contributed by atoms with Crippen LogP contribution in [0.25, 0.3) is 10.4 Å². The Bertz CT molecular complexity index is 1700. The second-order valence-corrected chi connectivity index (χ2v) is 15.4. The highest BCUT2D eigenvalue weighted by Gasteiger charge is 2.45. The quantitative estimate of drug-likeness (QED) is 0.0727. The van der Waals surface area contributed by atoms with Crippen molar-refractivity contribution in [1.82, 2.24) is 36.5 Å². The lowest BCUT2D eigenvalue weighted by Crippen LogP contribution is -2.59. The molecular formula is C34H48ClN9O8S2. The number of hydrogen-bond acceptors (Lipinski definition) is 12. The van der Waals surface area contributed by atoms with E-state index in [0.717, 1.165) is 16.1 Å². The number of β-amino-alcohol motifs (C(OH)–C–C–N with tert-alkyl or cyclic N) is 1. The third-order valence-corrected chi connectivity index (χ3v) is 10.3. The molecule has 10 N–H and O–H groups in total. The Balaban J connectivity index is 1.89. The van der Waals surface area contributed by atoms with Gasteiger partial charge in [0.05, 0.1) is 22.2 Å². The van der Waals surface area contributed by atoms with Gasteiger partial charge in [-0.15, -0.1) is 22.9 Å². The summed E-state index contributed by atoms with van der Waals surface area (Å²) in [5, 5.41) is 23.2. The number of benzene rings is 1. The van der Waals surface area contributed by atoms with Crippen molar-refractivity contribution in [2.45, 2.75) is 83.4 Å². The van der Waals surface area contributed by atoms with Crippen molar-refractivity contribution >= 4 is 76.9 Å². The van der Waals surface area contributed by atoms with Crippen LogP contribution in [-0.4, -0.2) is 117 Å². The topological polar surface area (TPSA) is 268 Å². The van der Waals surface area contributed by atoms with E-state index in [0.29, 0.717) is 5.56 Å². The zero-order valence-corrected chi connectivity index (χ0v) is 33.0. The van der Waals surface area contributed by atoms with Crippen molar-refractivity contribution in [3.05, 3.63) is 41.0 Å². The van der Waals surface area contributed by atoms with Crippen molar-refractivity contribution in [2.24, 2.45) is 16.9 Å². The molecule has 2 aromatic rings. The monoisotopic (exact) mass is 809 g/mol. The van der Waals surface area contributed by atoms with Crippen LogP contribution in [0.1, 0.15) is 51.4 Å². The van der Waals surface area contributed by atoms with Crippen LogP contribution in [0.15, 0.2) is 29.8 Å². The number of hydrogen-bond donors (Lipinski definition) is 9. The summed E-state index contributed by atoms with van der Waals surface area (Å²) in [6.07, 6.45) is -1.23. The number of rotatable bonds is 16. The number of thiol groups is 1. The number of halogens is 1. The lowest BCUT2D eigenvalue weighted by molar-refractivity contribution is -0.144. The van der Waals surface area contributed by atoms with Gasteiger partial charge in [0, 0.05) is 25.3 Å². The molecule has 0 radical (unpaired) electrons. The van der Waals surface area contributed by atoms with Crippen LogP contribution in [0, 0.1) is 12.3 Å². The van der Waals surface area contributed by atoms with E-state index in [1.54, 1.807) is 50.5 Å². The molecule has 7 unspecified atom stereocenters. The van der Waals surface area contributed by atoms with Gasteiger partial charge in [-0.3, -0.25) is 33.6 Å². The molecule has 54 heavy (non-hydrogen) atoms. The number of amides is 7. The number of thiazole rings is 1. The molecule has 0 bridgehead atoms. The minimum Gasteiger partial charge on any atom is -0.391 e. The minimum atomic E-state index is -1.41. The van der Waals surface area contributed by atoms with Gasteiger partial charge < -0.3 is 48.1 Å². The molecule has 1 aromatic heterocycles. The van der Waals surface area contributed by atoms with Crippen LogP contribution in [-0.2, 0) is 33.6 Å². The van der Waals surface area contributed by atoms with Gasteiger partial charge in [0.1, 0.15) is 42.1 Å². The number of aliphatic hydroxyl groups is 1. The van der Waals surface area contributed by atoms with Gasteiger partial charge in [-0.05, 0) is 30.4 Å². The number of nitrogens with two attached hydrogens (primary N) is 2. The first kappa shape index (κ1) is 44.1. The predicted octanol–water partition coefficient (Wildman–Crippen LogP) is -1.14. The summed E-state index contributed by atoms with van der Waals surface area (Å²) in [6.45, 7) is 7.82. The molecule has 1 aromatic carbocycles. The lowest BCUT2D eigenvalue weighted by atomic mass is 9.85. The molecule has 0 aliphatic carbocycles. The maximum absolute atomic E-state index is 14.0. The van der Waals surface area contributed by atoms with Crippen molar-refractivity contribution in [1.29, 1.82) is 0 Å². The third-order valence-electron chi connectivity index (χ3n) is 8.67. The first-order valence-electron chi connectivity index (χ1n) is 17.0. The van der Waals surface area contributed by atoms with Gasteiger partial charge >= 0.3 is 0 Å². The Labute approximate surface area is 327 Å². The second-order valence-electron chi connectivity index (χ2n) is 13.9. The van der Waals surface area contributed by atoms with Gasteiger partial charge in [-0.25, -0.2) is 4.98 Å². The Kier molecular flexibility index (Phi) is 15.8. The van der Waals surface area contributed by atoms with E-state index in [1.165, 1.54) is 23.2 Å². The van der Waals surface area contributed by atoms with Gasteiger partial charge in [0.15, 0.2) is 0 Å². The molecule has 17 nitrogen and oxygen atoms in total. The predicted molar refractivity (Wildman–Crippen MR) is 205 cm³/mol. The number of aryl methyl sites for hydroxylation is 1. The van der Waals surface area contributed by atoms with Crippen LogP contribution in [0.3, 0.4) is 0 Å². The molecule has 7 atom stereocenters. The second kappa shape index (κ2) is 19.3. The maximum Gasteiger partial charge on any atom is 0.247 e. The maximum atomic E-state index is 14.0. The standard InChI is InChI=1S/C34H48ClN9O8S2/c1-16-26(54-15-38-16)19-8-6-18(7-9-19)25(32(51)39-17(2)29(48)40-21(12-36)30(49)41-22(14-53)28(37)47)43-31(50)23-10-20(45)13-44(23)33(52)27(34(3,4)5)42-24(46)11-35/h6-9,15,17,20-23,25,27,45,53H,10-14,36H2,1-5H3,(H2,37,47)(H,39,51)(H,40,48)(H,41,49)(H,42,46)(H,43,50). The summed E-state index contributed by atoms with van der Waals surface area (Å²) in [5.74, 6) is -5.73.